The van der Waals surface area contributed by atoms with E-state index in [1.54, 1.807) is 19.1 Å². The third-order valence-corrected chi connectivity index (χ3v) is 3.37. The summed E-state index contributed by atoms with van der Waals surface area (Å²) < 4.78 is 4.88. The summed E-state index contributed by atoms with van der Waals surface area (Å²) in [6.45, 7) is 4.60. The van der Waals surface area contributed by atoms with E-state index in [0.717, 1.165) is 0 Å². The maximum absolute atomic E-state index is 11.9. The lowest BCUT2D eigenvalue weighted by molar-refractivity contribution is -0.141. The van der Waals surface area contributed by atoms with Crippen LogP contribution in [0.4, 0.5) is 0 Å². The molecule has 0 heterocycles. The number of carboxylic acid groups (broad SMARTS) is 1. The van der Waals surface area contributed by atoms with Gasteiger partial charge in [-0.2, -0.15) is 0 Å². The second-order valence-electron chi connectivity index (χ2n) is 4.87. The first-order valence-corrected chi connectivity index (χ1v) is 5.30. The standard InChI is InChI=1S/C11H19NO4/c1-11(2)7(8(11)10(14)15)9(13)12(3)5-6-16-4/h7-8H,5-6H2,1-4H3,(H,14,15). The van der Waals surface area contributed by atoms with Crippen molar-refractivity contribution in [2.75, 3.05) is 27.3 Å². The van der Waals surface area contributed by atoms with Crippen molar-refractivity contribution in [3.63, 3.8) is 0 Å². The number of hydrogen-bond acceptors (Lipinski definition) is 3. The predicted molar refractivity (Wildman–Crippen MR) is 57.9 cm³/mol. The molecule has 1 N–H and O–H groups in total. The van der Waals surface area contributed by atoms with Gasteiger partial charge in [0.2, 0.25) is 5.91 Å². The normalized spacial score (nSPS) is 26.2. The maximum Gasteiger partial charge on any atom is 0.307 e. The molecular weight excluding hydrogens is 210 g/mol. The fourth-order valence-corrected chi connectivity index (χ4v) is 2.14. The molecule has 1 aliphatic carbocycles. The van der Waals surface area contributed by atoms with Gasteiger partial charge in [0.05, 0.1) is 18.4 Å². The summed E-state index contributed by atoms with van der Waals surface area (Å²) in [5.41, 5.74) is -0.426. The number of ether oxygens (including phenoxy) is 1. The number of rotatable bonds is 5. The Morgan fingerprint density at radius 3 is 2.31 bits per heavy atom. The number of amides is 1. The highest BCUT2D eigenvalue weighted by molar-refractivity contribution is 5.91. The molecule has 0 bridgehead atoms. The topological polar surface area (TPSA) is 66.8 Å². The van der Waals surface area contributed by atoms with Gasteiger partial charge in [-0.15, -0.1) is 0 Å². The minimum atomic E-state index is -0.886. The van der Waals surface area contributed by atoms with Gasteiger partial charge < -0.3 is 14.7 Å². The van der Waals surface area contributed by atoms with Crippen molar-refractivity contribution in [1.82, 2.24) is 4.90 Å². The molecule has 1 amide bonds. The van der Waals surface area contributed by atoms with Crippen molar-refractivity contribution >= 4 is 11.9 Å². The summed E-state index contributed by atoms with van der Waals surface area (Å²) in [6.07, 6.45) is 0. The lowest BCUT2D eigenvalue weighted by atomic mass is 10.1. The number of hydrogen-bond donors (Lipinski definition) is 1. The molecule has 1 fully saturated rings. The van der Waals surface area contributed by atoms with E-state index in [0.29, 0.717) is 13.2 Å². The lowest BCUT2D eigenvalue weighted by Crippen LogP contribution is -2.32. The zero-order valence-corrected chi connectivity index (χ0v) is 10.2. The minimum Gasteiger partial charge on any atom is -0.481 e. The Morgan fingerprint density at radius 1 is 1.38 bits per heavy atom. The summed E-state index contributed by atoms with van der Waals surface area (Å²) >= 11 is 0. The van der Waals surface area contributed by atoms with E-state index in [4.69, 9.17) is 9.84 Å². The number of aliphatic carboxylic acids is 1. The Labute approximate surface area is 95.4 Å². The fraction of sp³-hybridized carbons (Fsp3) is 0.818. The largest absolute Gasteiger partial charge is 0.481 e. The first-order chi connectivity index (χ1) is 7.34. The third kappa shape index (κ3) is 2.19. The Balaban J connectivity index is 2.60. The monoisotopic (exact) mass is 229 g/mol. The molecule has 0 aliphatic heterocycles. The highest BCUT2D eigenvalue weighted by Crippen LogP contribution is 2.58. The molecule has 0 radical (unpaired) electrons. The zero-order chi connectivity index (χ0) is 12.5. The summed E-state index contributed by atoms with van der Waals surface area (Å²) in [4.78, 5) is 24.4. The molecule has 2 atom stereocenters. The van der Waals surface area contributed by atoms with Gasteiger partial charge in [-0.25, -0.2) is 0 Å². The molecule has 0 aromatic rings. The minimum absolute atomic E-state index is 0.102. The SMILES string of the molecule is COCCN(C)C(=O)C1C(C(=O)O)C1(C)C. The van der Waals surface area contributed by atoms with E-state index in [1.165, 1.54) is 0 Å². The molecule has 1 aliphatic rings. The van der Waals surface area contributed by atoms with Gasteiger partial charge in [-0.1, -0.05) is 13.8 Å². The maximum atomic E-state index is 11.9. The Morgan fingerprint density at radius 2 is 1.94 bits per heavy atom. The van der Waals surface area contributed by atoms with Crippen molar-refractivity contribution in [1.29, 1.82) is 0 Å². The molecule has 0 saturated heterocycles. The van der Waals surface area contributed by atoms with Crippen LogP contribution in [0.2, 0.25) is 0 Å². The third-order valence-electron chi connectivity index (χ3n) is 3.37. The quantitative estimate of drug-likeness (QED) is 0.743. The summed E-state index contributed by atoms with van der Waals surface area (Å²) in [5, 5.41) is 8.97. The van der Waals surface area contributed by atoms with Crippen LogP contribution in [0, 0.1) is 17.3 Å². The van der Waals surface area contributed by atoms with Gasteiger partial charge in [0, 0.05) is 20.7 Å². The van der Waals surface area contributed by atoms with E-state index in [-0.39, 0.29) is 5.91 Å². The van der Waals surface area contributed by atoms with Crippen molar-refractivity contribution < 1.29 is 19.4 Å². The number of carbonyl (C=O) groups excluding carboxylic acids is 1. The van der Waals surface area contributed by atoms with E-state index >= 15 is 0 Å². The van der Waals surface area contributed by atoms with Crippen LogP contribution in [0.5, 0.6) is 0 Å². The summed E-state index contributed by atoms with van der Waals surface area (Å²) in [5.74, 6) is -1.94. The van der Waals surface area contributed by atoms with Crippen LogP contribution in [-0.2, 0) is 14.3 Å². The molecule has 0 spiro atoms. The second-order valence-corrected chi connectivity index (χ2v) is 4.87. The molecular formula is C11H19NO4. The van der Waals surface area contributed by atoms with Crippen molar-refractivity contribution in [2.24, 2.45) is 17.3 Å². The highest BCUT2D eigenvalue weighted by atomic mass is 16.5. The van der Waals surface area contributed by atoms with E-state index in [1.807, 2.05) is 13.8 Å². The lowest BCUT2D eigenvalue weighted by Gasteiger charge is -2.17. The van der Waals surface area contributed by atoms with Crippen LogP contribution in [-0.4, -0.2) is 49.2 Å². The average molecular weight is 229 g/mol. The van der Waals surface area contributed by atoms with Crippen LogP contribution in [0.1, 0.15) is 13.8 Å². The predicted octanol–water partition coefficient (Wildman–Crippen LogP) is 0.448. The first-order valence-electron chi connectivity index (χ1n) is 5.30. The van der Waals surface area contributed by atoms with E-state index in [2.05, 4.69) is 0 Å². The molecule has 92 valence electrons. The van der Waals surface area contributed by atoms with Crippen LogP contribution < -0.4 is 0 Å². The fourth-order valence-electron chi connectivity index (χ4n) is 2.14. The summed E-state index contributed by atoms with van der Waals surface area (Å²) in [7, 11) is 3.24. The smallest absolute Gasteiger partial charge is 0.307 e. The van der Waals surface area contributed by atoms with Crippen LogP contribution in [0.15, 0.2) is 0 Å². The first kappa shape index (κ1) is 13.0. The molecule has 5 nitrogen and oxygen atoms in total. The van der Waals surface area contributed by atoms with Gasteiger partial charge in [-0.05, 0) is 5.41 Å². The Hall–Kier alpha value is -1.10. The average Bonchev–Trinajstić information content (AvgIpc) is 2.76. The number of carbonyl (C=O) groups is 2. The Kier molecular flexibility index (Phi) is 3.57. The van der Waals surface area contributed by atoms with E-state index in [9.17, 15) is 9.59 Å². The van der Waals surface area contributed by atoms with E-state index < -0.39 is 23.2 Å². The van der Waals surface area contributed by atoms with Crippen LogP contribution in [0.3, 0.4) is 0 Å². The van der Waals surface area contributed by atoms with Gasteiger partial charge in [0.25, 0.3) is 0 Å². The molecule has 1 saturated carbocycles. The number of nitrogens with zero attached hydrogens (tertiary/aromatic N) is 1. The van der Waals surface area contributed by atoms with Gasteiger partial charge in [0.1, 0.15) is 0 Å². The molecule has 1 rings (SSSR count). The van der Waals surface area contributed by atoms with Crippen LogP contribution in [0.25, 0.3) is 0 Å². The second kappa shape index (κ2) is 4.41. The molecule has 0 aromatic heterocycles. The zero-order valence-electron chi connectivity index (χ0n) is 10.2. The number of likely N-dealkylation sites (N-methyl/N-ethyl adjacent to an activating group) is 1. The van der Waals surface area contributed by atoms with Gasteiger partial charge >= 0.3 is 5.97 Å². The van der Waals surface area contributed by atoms with Crippen molar-refractivity contribution in [2.45, 2.75) is 13.8 Å². The van der Waals surface area contributed by atoms with Gasteiger partial charge in [-0.3, -0.25) is 9.59 Å². The highest BCUT2D eigenvalue weighted by Gasteiger charge is 2.66. The molecule has 5 heteroatoms. The van der Waals surface area contributed by atoms with Crippen molar-refractivity contribution in [3.05, 3.63) is 0 Å². The van der Waals surface area contributed by atoms with Gasteiger partial charge in [0.15, 0.2) is 0 Å². The number of methoxy groups -OCH3 is 1. The molecule has 2 unspecified atom stereocenters. The van der Waals surface area contributed by atoms with Crippen LogP contribution >= 0.6 is 0 Å². The summed E-state index contributed by atoms with van der Waals surface area (Å²) in [6, 6.07) is 0. The van der Waals surface area contributed by atoms with Crippen molar-refractivity contribution in [3.8, 4) is 0 Å². The number of carboxylic acids is 1. The molecule has 0 aromatic carbocycles. The molecule has 16 heavy (non-hydrogen) atoms. The Bertz CT molecular complexity index is 300.